The second-order valence-corrected chi connectivity index (χ2v) is 20.7. The first kappa shape index (κ1) is 40.0. The summed E-state index contributed by atoms with van der Waals surface area (Å²) in [7, 11) is -0.532. The number of anilines is 2. The molecule has 1 heterocycles. The number of hydrogen-bond donors (Lipinski definition) is 0. The van der Waals surface area contributed by atoms with Crippen molar-refractivity contribution in [3.8, 4) is 0 Å². The van der Waals surface area contributed by atoms with E-state index in [9.17, 15) is 0 Å². The van der Waals surface area contributed by atoms with Crippen LogP contribution in [-0.2, 0) is 19.5 Å². The molecular formula is C46H59Cl2N2PRu. The number of benzene rings is 3. The Balaban J connectivity index is 0.00000464. The van der Waals surface area contributed by atoms with Gasteiger partial charge in [0.1, 0.15) is 5.82 Å². The fourth-order valence-corrected chi connectivity index (χ4v) is 16.7. The van der Waals surface area contributed by atoms with Crippen LogP contribution in [0.1, 0.15) is 116 Å². The molecule has 1 aliphatic heterocycles. The summed E-state index contributed by atoms with van der Waals surface area (Å²) in [6.07, 6.45) is 17.8. The molecule has 3 aromatic rings. The Morgan fingerprint density at radius 3 is 1.56 bits per heavy atom. The predicted molar refractivity (Wildman–Crippen MR) is 226 cm³/mol. The topological polar surface area (TPSA) is 6.48 Å². The van der Waals surface area contributed by atoms with Gasteiger partial charge in [0.05, 0.1) is 9.99 Å². The molecule has 2 unspecified atom stereocenters. The molecule has 6 heteroatoms. The van der Waals surface area contributed by atoms with Crippen molar-refractivity contribution in [2.24, 2.45) is 0 Å². The van der Waals surface area contributed by atoms with Crippen molar-refractivity contribution in [3.63, 3.8) is 0 Å². The number of aryl methyl sites for hydroxylation is 6. The van der Waals surface area contributed by atoms with Crippen molar-refractivity contribution in [1.82, 2.24) is 0 Å². The summed E-state index contributed by atoms with van der Waals surface area (Å²) in [5, 5.41) is -0.274. The largest absolute Gasteiger partial charge is 0.325 e. The first-order valence-electron chi connectivity index (χ1n) is 19.9. The number of hydrogen-bond acceptors (Lipinski definition) is 2. The number of rotatable bonds is 6. The van der Waals surface area contributed by atoms with Crippen LogP contribution in [0, 0.1) is 41.5 Å². The second-order valence-electron chi connectivity index (χ2n) is 16.3. The molecule has 0 aromatic heterocycles. The van der Waals surface area contributed by atoms with Gasteiger partial charge in [-0.15, -0.1) is 23.2 Å². The van der Waals surface area contributed by atoms with Crippen molar-refractivity contribution in [1.29, 1.82) is 0 Å². The maximum atomic E-state index is 8.74. The van der Waals surface area contributed by atoms with Gasteiger partial charge < -0.3 is 9.80 Å². The van der Waals surface area contributed by atoms with E-state index in [-0.39, 0.29) is 24.9 Å². The Bertz CT molecular complexity index is 1660. The summed E-state index contributed by atoms with van der Waals surface area (Å²) in [5.41, 5.74) is 15.9. The smallest absolute Gasteiger partial charge is 0.116 e. The van der Waals surface area contributed by atoms with Crippen molar-refractivity contribution in [2.75, 3.05) is 22.9 Å². The van der Waals surface area contributed by atoms with Gasteiger partial charge in [0.2, 0.25) is 0 Å². The Kier molecular flexibility index (Phi) is 13.1. The molecule has 0 N–H and O–H groups in total. The molecule has 2 atom stereocenters. The van der Waals surface area contributed by atoms with Crippen LogP contribution in [0.4, 0.5) is 11.4 Å². The minimum Gasteiger partial charge on any atom is -0.325 e. The number of halogens is 2. The number of nitrogens with zero attached hydrogens (tertiary/aromatic N) is 2. The minimum atomic E-state index is -0.532. The van der Waals surface area contributed by atoms with Crippen molar-refractivity contribution >= 4 is 48.6 Å². The van der Waals surface area contributed by atoms with E-state index in [0.717, 1.165) is 25.9 Å². The molecule has 4 aliphatic rings. The molecule has 2 nitrogen and oxygen atoms in total. The molecule has 0 bridgehead atoms. The van der Waals surface area contributed by atoms with Gasteiger partial charge in [-0.3, -0.25) is 0 Å². The van der Waals surface area contributed by atoms with E-state index in [1.165, 1.54) is 131 Å². The average molecular weight is 843 g/mol. The summed E-state index contributed by atoms with van der Waals surface area (Å²) >= 11 is 16.9. The van der Waals surface area contributed by atoms with Gasteiger partial charge in [-0.05, 0) is 125 Å². The molecule has 4 fully saturated rings. The van der Waals surface area contributed by atoms with Gasteiger partial charge in [-0.25, -0.2) is 0 Å². The first-order chi connectivity index (χ1) is 24.6. The van der Waals surface area contributed by atoms with E-state index in [0.29, 0.717) is 11.3 Å². The zero-order chi connectivity index (χ0) is 35.9. The predicted octanol–water partition coefficient (Wildman–Crippen LogP) is 13.6. The minimum absolute atomic E-state index is 0. The zero-order valence-electron chi connectivity index (χ0n) is 32.4. The maximum absolute atomic E-state index is 8.74. The summed E-state index contributed by atoms with van der Waals surface area (Å²) in [5.74, 6) is 1.27. The standard InChI is InChI=1S/C46H59Cl2N2P.Ru/c1-31-26-33(3)43(34(4)27-31)49-24-25-50(44-35(5)28-32(2)29-36(44)6)45(49)41-42(47)38(30-37-16-10-7-11-17-37)22-23-46(41,48)51(39-18-12-8-13-19-39)40-20-14-9-15-21-40;/h7,10-11,16-17,26-30,39-40,42H,8-9,12-15,18-25H2,1-6H3;. The fourth-order valence-electron chi connectivity index (χ4n) is 10.5. The molecule has 280 valence electrons. The molecule has 0 radical (unpaired) electrons. The van der Waals surface area contributed by atoms with E-state index in [2.05, 4.69) is 112 Å². The normalized spacial score (nSPS) is 24.2. The van der Waals surface area contributed by atoms with E-state index in [4.69, 9.17) is 23.2 Å². The van der Waals surface area contributed by atoms with Crippen molar-refractivity contribution in [2.45, 2.75) is 140 Å². The third-order valence-electron chi connectivity index (χ3n) is 12.3. The molecule has 3 saturated carbocycles. The quantitative estimate of drug-likeness (QED) is 0.139. The van der Waals surface area contributed by atoms with Gasteiger partial charge in [-0.2, -0.15) is 0 Å². The number of allylic oxidation sites excluding steroid dienone is 2. The molecule has 7 rings (SSSR count). The van der Waals surface area contributed by atoms with Gasteiger partial charge in [0.25, 0.3) is 0 Å². The van der Waals surface area contributed by atoms with Crippen LogP contribution >= 0.6 is 31.1 Å². The van der Waals surface area contributed by atoms with Crippen LogP contribution < -0.4 is 9.80 Å². The molecule has 1 saturated heterocycles. The second kappa shape index (κ2) is 17.0. The average Bonchev–Trinajstić information content (AvgIpc) is 3.49. The fraction of sp³-hybridized carbons (Fsp3) is 0.522. The molecular weight excluding hydrogens is 783 g/mol. The Hall–Kier alpha value is -1.63. The molecule has 3 aromatic carbocycles. The van der Waals surface area contributed by atoms with Gasteiger partial charge in [0.15, 0.2) is 0 Å². The van der Waals surface area contributed by atoms with Gasteiger partial charge >= 0.3 is 0 Å². The van der Waals surface area contributed by atoms with Gasteiger partial charge in [-0.1, -0.05) is 118 Å². The summed E-state index contributed by atoms with van der Waals surface area (Å²) in [6, 6.07) is 20.3. The summed E-state index contributed by atoms with van der Waals surface area (Å²) in [4.78, 5) is 5.32. The van der Waals surface area contributed by atoms with Crippen LogP contribution in [0.3, 0.4) is 0 Å². The van der Waals surface area contributed by atoms with Crippen LogP contribution in [0.5, 0.6) is 0 Å². The number of alkyl halides is 2. The van der Waals surface area contributed by atoms with E-state index in [1.54, 1.807) is 0 Å². The van der Waals surface area contributed by atoms with Crippen molar-refractivity contribution in [3.05, 3.63) is 111 Å². The van der Waals surface area contributed by atoms with Crippen LogP contribution in [0.15, 0.2) is 71.6 Å². The molecule has 52 heavy (non-hydrogen) atoms. The van der Waals surface area contributed by atoms with Crippen LogP contribution in [-0.4, -0.2) is 34.4 Å². The Morgan fingerprint density at radius 2 is 1.12 bits per heavy atom. The van der Waals surface area contributed by atoms with E-state index >= 15 is 0 Å². The SMILES string of the molecule is Cc1cc(C)c(N2CCN(c3c(C)cc(C)cc3C)C2=C2C(Cl)C(=Cc3ccccc3)CCC2(Cl)P(C2CCCCC2)C2CCCCC2)c(C)c1.[Ru]. The first-order valence-corrected chi connectivity index (χ1v) is 22.2. The summed E-state index contributed by atoms with van der Waals surface area (Å²) in [6.45, 7) is 15.5. The maximum Gasteiger partial charge on any atom is 0.116 e. The Labute approximate surface area is 339 Å². The summed E-state index contributed by atoms with van der Waals surface area (Å²) < 4.78 is -0.463. The van der Waals surface area contributed by atoms with E-state index < -0.39 is 12.5 Å². The van der Waals surface area contributed by atoms with Crippen molar-refractivity contribution < 1.29 is 19.5 Å². The molecule has 0 amide bonds. The monoisotopic (exact) mass is 842 g/mol. The molecule has 0 spiro atoms. The van der Waals surface area contributed by atoms with Crippen LogP contribution in [0.2, 0.25) is 0 Å². The van der Waals surface area contributed by atoms with Gasteiger partial charge in [0, 0.05) is 49.5 Å². The zero-order valence-corrected chi connectivity index (χ0v) is 36.5. The Morgan fingerprint density at radius 1 is 0.673 bits per heavy atom. The van der Waals surface area contributed by atoms with E-state index in [1.807, 2.05) is 0 Å². The third-order valence-corrected chi connectivity index (χ3v) is 17.7. The van der Waals surface area contributed by atoms with Crippen LogP contribution in [0.25, 0.3) is 6.08 Å². The third kappa shape index (κ3) is 7.88. The molecule has 3 aliphatic carbocycles.